The van der Waals surface area contributed by atoms with Gasteiger partial charge < -0.3 is 4.90 Å². The smallest absolute Gasteiger partial charge is 0.316 e. The van der Waals surface area contributed by atoms with E-state index in [1.165, 1.54) is 0 Å². The van der Waals surface area contributed by atoms with Crippen LogP contribution in [-0.4, -0.2) is 29.8 Å². The number of carbonyl (C=O) groups is 2. The van der Waals surface area contributed by atoms with Crippen molar-refractivity contribution in [2.75, 3.05) is 18.0 Å². The summed E-state index contributed by atoms with van der Waals surface area (Å²) in [5.41, 5.74) is 1.74. The van der Waals surface area contributed by atoms with Crippen molar-refractivity contribution in [2.45, 2.75) is 46.1 Å². The number of hydrogen-bond acceptors (Lipinski definition) is 2. The maximum absolute atomic E-state index is 13.2. The molecule has 0 bridgehead atoms. The minimum atomic E-state index is -0.461. The molecule has 0 aliphatic rings. The number of anilines is 1. The third-order valence-electron chi connectivity index (χ3n) is 4.53. The van der Waals surface area contributed by atoms with E-state index < -0.39 is 11.8 Å². The Hall–Kier alpha value is -2.62. The molecule has 4 nitrogen and oxygen atoms in total. The molecule has 0 spiro atoms. The van der Waals surface area contributed by atoms with Gasteiger partial charge in [-0.1, -0.05) is 75.2 Å². The fourth-order valence-electron chi connectivity index (χ4n) is 2.92. The number of carbonyl (C=O) groups excluding carboxylic acids is 2. The molecule has 0 saturated heterocycles. The number of benzene rings is 2. The molecule has 27 heavy (non-hydrogen) atoms. The van der Waals surface area contributed by atoms with Crippen molar-refractivity contribution in [3.8, 4) is 0 Å². The zero-order valence-corrected chi connectivity index (χ0v) is 16.4. The van der Waals surface area contributed by atoms with Gasteiger partial charge in [0, 0.05) is 18.8 Å². The predicted octanol–water partition coefficient (Wildman–Crippen LogP) is 4.65. The summed E-state index contributed by atoms with van der Waals surface area (Å²) in [4.78, 5) is 29.4. The standard InChI is InChI=1S/C23H30N2O2/c1-3-5-17-24(18-6-4-2)22(26)23(27)25(21-15-11-8-12-16-21)19-20-13-9-7-10-14-20/h7-16H,3-6,17-19H2,1-2H3. The van der Waals surface area contributed by atoms with E-state index >= 15 is 0 Å². The number of nitrogens with zero attached hydrogens (tertiary/aromatic N) is 2. The van der Waals surface area contributed by atoms with Crippen molar-refractivity contribution in [3.63, 3.8) is 0 Å². The lowest BCUT2D eigenvalue weighted by molar-refractivity contribution is -0.144. The number of para-hydroxylation sites is 1. The molecule has 0 aliphatic heterocycles. The van der Waals surface area contributed by atoms with Gasteiger partial charge in [-0.3, -0.25) is 14.5 Å². The first-order valence-corrected chi connectivity index (χ1v) is 9.87. The van der Waals surface area contributed by atoms with E-state index in [1.54, 1.807) is 9.80 Å². The first-order chi connectivity index (χ1) is 13.2. The third-order valence-corrected chi connectivity index (χ3v) is 4.53. The van der Waals surface area contributed by atoms with Crippen molar-refractivity contribution < 1.29 is 9.59 Å². The molecule has 0 fully saturated rings. The average molecular weight is 367 g/mol. The molecule has 144 valence electrons. The van der Waals surface area contributed by atoms with E-state index in [1.807, 2.05) is 60.7 Å². The van der Waals surface area contributed by atoms with Gasteiger partial charge in [-0.05, 0) is 30.5 Å². The highest BCUT2D eigenvalue weighted by atomic mass is 16.2. The molecule has 0 aromatic heterocycles. The minimum Gasteiger partial charge on any atom is -0.334 e. The highest BCUT2D eigenvalue weighted by molar-refractivity contribution is 6.40. The topological polar surface area (TPSA) is 40.6 Å². The normalized spacial score (nSPS) is 10.4. The summed E-state index contributed by atoms with van der Waals surface area (Å²) in [5.74, 6) is -0.867. The zero-order valence-electron chi connectivity index (χ0n) is 16.4. The Kier molecular flexibility index (Phi) is 8.56. The molecule has 0 atom stereocenters. The van der Waals surface area contributed by atoms with Crippen LogP contribution in [-0.2, 0) is 16.1 Å². The lowest BCUT2D eigenvalue weighted by Crippen LogP contribution is -2.46. The molecule has 4 heteroatoms. The lowest BCUT2D eigenvalue weighted by atomic mass is 10.2. The van der Waals surface area contributed by atoms with Gasteiger partial charge in [-0.25, -0.2) is 0 Å². The van der Waals surface area contributed by atoms with Crippen LogP contribution < -0.4 is 4.90 Å². The second kappa shape index (κ2) is 11.2. The Bertz CT molecular complexity index is 693. The predicted molar refractivity (Wildman–Crippen MR) is 110 cm³/mol. The fraction of sp³-hybridized carbons (Fsp3) is 0.391. The van der Waals surface area contributed by atoms with Crippen molar-refractivity contribution in [1.29, 1.82) is 0 Å². The molecule has 0 saturated carbocycles. The van der Waals surface area contributed by atoms with Crippen LogP contribution in [0, 0.1) is 0 Å². The monoisotopic (exact) mass is 366 g/mol. The van der Waals surface area contributed by atoms with Crippen LogP contribution in [0.3, 0.4) is 0 Å². The van der Waals surface area contributed by atoms with Gasteiger partial charge in [0.2, 0.25) is 0 Å². The summed E-state index contributed by atoms with van der Waals surface area (Å²) in [6.45, 7) is 5.83. The largest absolute Gasteiger partial charge is 0.334 e. The van der Waals surface area contributed by atoms with E-state index in [4.69, 9.17) is 0 Å². The summed E-state index contributed by atoms with van der Waals surface area (Å²) < 4.78 is 0. The fourth-order valence-corrected chi connectivity index (χ4v) is 2.92. The average Bonchev–Trinajstić information content (AvgIpc) is 2.72. The zero-order chi connectivity index (χ0) is 19.5. The summed E-state index contributed by atoms with van der Waals surface area (Å²) in [6, 6.07) is 19.2. The van der Waals surface area contributed by atoms with Gasteiger partial charge in [-0.15, -0.1) is 0 Å². The van der Waals surface area contributed by atoms with Crippen molar-refractivity contribution in [3.05, 3.63) is 66.2 Å². The first-order valence-electron chi connectivity index (χ1n) is 9.87. The van der Waals surface area contributed by atoms with Crippen molar-refractivity contribution >= 4 is 17.5 Å². The second-order valence-corrected chi connectivity index (χ2v) is 6.71. The molecule has 0 unspecified atom stereocenters. The molecule has 0 N–H and O–H groups in total. The summed E-state index contributed by atoms with van der Waals surface area (Å²) in [5, 5.41) is 0. The van der Waals surface area contributed by atoms with Gasteiger partial charge in [0.1, 0.15) is 0 Å². The molecular weight excluding hydrogens is 336 g/mol. The molecular formula is C23H30N2O2. The SMILES string of the molecule is CCCCN(CCCC)C(=O)C(=O)N(Cc1ccccc1)c1ccccc1. The van der Waals surface area contributed by atoms with Gasteiger partial charge in [0.15, 0.2) is 0 Å². The molecule has 2 rings (SSSR count). The Morgan fingerprint density at radius 2 is 1.26 bits per heavy atom. The summed E-state index contributed by atoms with van der Waals surface area (Å²) in [6.07, 6.45) is 3.81. The van der Waals surface area contributed by atoms with Crippen LogP contribution in [0.5, 0.6) is 0 Å². The quantitative estimate of drug-likeness (QED) is 0.606. The third kappa shape index (κ3) is 6.24. The van der Waals surface area contributed by atoms with E-state index in [0.29, 0.717) is 19.6 Å². The van der Waals surface area contributed by atoms with Gasteiger partial charge in [-0.2, -0.15) is 0 Å². The van der Waals surface area contributed by atoms with Gasteiger partial charge in [0.05, 0.1) is 6.54 Å². The van der Waals surface area contributed by atoms with Crippen LogP contribution in [0.4, 0.5) is 5.69 Å². The second-order valence-electron chi connectivity index (χ2n) is 6.71. The van der Waals surface area contributed by atoms with Gasteiger partial charge >= 0.3 is 11.8 Å². The molecule has 0 radical (unpaired) electrons. The van der Waals surface area contributed by atoms with Crippen molar-refractivity contribution in [2.24, 2.45) is 0 Å². The van der Waals surface area contributed by atoms with E-state index in [0.717, 1.165) is 36.9 Å². The van der Waals surface area contributed by atoms with Crippen LogP contribution >= 0.6 is 0 Å². The van der Waals surface area contributed by atoms with E-state index in [9.17, 15) is 9.59 Å². The summed E-state index contributed by atoms with van der Waals surface area (Å²) in [7, 11) is 0. The summed E-state index contributed by atoms with van der Waals surface area (Å²) >= 11 is 0. The van der Waals surface area contributed by atoms with E-state index in [-0.39, 0.29) is 0 Å². The molecule has 2 amide bonds. The number of unbranched alkanes of at least 4 members (excludes halogenated alkanes) is 2. The molecule has 2 aromatic rings. The molecule has 2 aromatic carbocycles. The Balaban J connectivity index is 2.24. The molecule has 0 aliphatic carbocycles. The minimum absolute atomic E-state index is 0.380. The van der Waals surface area contributed by atoms with Crippen LogP contribution in [0.15, 0.2) is 60.7 Å². The Morgan fingerprint density at radius 1 is 0.741 bits per heavy atom. The van der Waals surface area contributed by atoms with Crippen LogP contribution in [0.1, 0.15) is 45.1 Å². The van der Waals surface area contributed by atoms with Crippen LogP contribution in [0.25, 0.3) is 0 Å². The highest BCUT2D eigenvalue weighted by Crippen LogP contribution is 2.18. The number of hydrogen-bond donors (Lipinski definition) is 0. The first kappa shape index (κ1) is 20.7. The number of rotatable bonds is 9. The highest BCUT2D eigenvalue weighted by Gasteiger charge is 2.27. The maximum Gasteiger partial charge on any atom is 0.316 e. The maximum atomic E-state index is 13.2. The Morgan fingerprint density at radius 3 is 1.78 bits per heavy atom. The van der Waals surface area contributed by atoms with Crippen LogP contribution in [0.2, 0.25) is 0 Å². The van der Waals surface area contributed by atoms with Gasteiger partial charge in [0.25, 0.3) is 0 Å². The number of amides is 2. The van der Waals surface area contributed by atoms with Crippen molar-refractivity contribution in [1.82, 2.24) is 4.90 Å². The lowest BCUT2D eigenvalue weighted by Gasteiger charge is -2.27. The molecule has 0 heterocycles. The van der Waals surface area contributed by atoms with E-state index in [2.05, 4.69) is 13.8 Å². The Labute approximate surface area is 162 Å².